The SMILES string of the molecule is CCCC(C)N(C)CCC(NCC)c1ccc(Cl)cc1. The second-order valence-electron chi connectivity index (χ2n) is 5.57. The standard InChI is InChI=1S/C17H29ClN2/c1-5-7-14(3)20(4)13-12-17(19-6-2)15-8-10-16(18)11-9-15/h8-11,14,17,19H,5-7,12-13H2,1-4H3. The summed E-state index contributed by atoms with van der Waals surface area (Å²) in [6, 6.07) is 9.28. The third-order valence-electron chi connectivity index (χ3n) is 3.95. The first-order valence-corrected chi connectivity index (χ1v) is 8.15. The molecule has 0 saturated carbocycles. The van der Waals surface area contributed by atoms with E-state index in [1.807, 2.05) is 12.1 Å². The molecule has 0 aliphatic carbocycles. The molecule has 0 fully saturated rings. The molecule has 1 aromatic carbocycles. The van der Waals surface area contributed by atoms with Gasteiger partial charge in [-0.15, -0.1) is 0 Å². The van der Waals surface area contributed by atoms with Gasteiger partial charge in [0.1, 0.15) is 0 Å². The van der Waals surface area contributed by atoms with Crippen LogP contribution in [0.3, 0.4) is 0 Å². The molecule has 114 valence electrons. The molecule has 0 heterocycles. The highest BCUT2D eigenvalue weighted by atomic mass is 35.5. The molecule has 0 aliphatic heterocycles. The lowest BCUT2D eigenvalue weighted by Gasteiger charge is -2.27. The van der Waals surface area contributed by atoms with Gasteiger partial charge in [-0.2, -0.15) is 0 Å². The first kappa shape index (κ1) is 17.5. The second-order valence-corrected chi connectivity index (χ2v) is 6.01. The topological polar surface area (TPSA) is 15.3 Å². The van der Waals surface area contributed by atoms with E-state index in [2.05, 4.69) is 50.2 Å². The lowest BCUT2D eigenvalue weighted by molar-refractivity contribution is 0.231. The number of hydrogen-bond acceptors (Lipinski definition) is 2. The van der Waals surface area contributed by atoms with Crippen molar-refractivity contribution in [2.24, 2.45) is 0 Å². The Labute approximate surface area is 129 Å². The zero-order chi connectivity index (χ0) is 15.0. The summed E-state index contributed by atoms with van der Waals surface area (Å²) < 4.78 is 0. The van der Waals surface area contributed by atoms with E-state index in [0.717, 1.165) is 24.5 Å². The van der Waals surface area contributed by atoms with Crippen molar-refractivity contribution in [1.29, 1.82) is 0 Å². The summed E-state index contributed by atoms with van der Waals surface area (Å²) in [4.78, 5) is 2.46. The average Bonchev–Trinajstić information content (AvgIpc) is 2.44. The normalized spacial score (nSPS) is 14.5. The van der Waals surface area contributed by atoms with Crippen molar-refractivity contribution in [2.75, 3.05) is 20.1 Å². The van der Waals surface area contributed by atoms with Crippen LogP contribution in [0, 0.1) is 0 Å². The Morgan fingerprint density at radius 2 is 1.80 bits per heavy atom. The van der Waals surface area contributed by atoms with E-state index in [1.165, 1.54) is 18.4 Å². The van der Waals surface area contributed by atoms with Gasteiger partial charge in [0.2, 0.25) is 0 Å². The molecule has 0 amide bonds. The molecule has 3 heteroatoms. The second kappa shape index (κ2) is 9.38. The number of nitrogens with one attached hydrogen (secondary N) is 1. The molecule has 0 aliphatic rings. The van der Waals surface area contributed by atoms with Gasteiger partial charge in [0.15, 0.2) is 0 Å². The van der Waals surface area contributed by atoms with Gasteiger partial charge in [-0.1, -0.05) is 44.0 Å². The van der Waals surface area contributed by atoms with Crippen LogP contribution in [-0.4, -0.2) is 31.1 Å². The van der Waals surface area contributed by atoms with Gasteiger partial charge in [0, 0.05) is 17.1 Å². The zero-order valence-electron chi connectivity index (χ0n) is 13.3. The van der Waals surface area contributed by atoms with Crippen LogP contribution in [0.5, 0.6) is 0 Å². The minimum absolute atomic E-state index is 0.411. The van der Waals surface area contributed by atoms with E-state index in [-0.39, 0.29) is 0 Å². The van der Waals surface area contributed by atoms with Gasteiger partial charge in [0.25, 0.3) is 0 Å². The van der Waals surface area contributed by atoms with Gasteiger partial charge in [-0.25, -0.2) is 0 Å². The van der Waals surface area contributed by atoms with Gasteiger partial charge in [0.05, 0.1) is 0 Å². The van der Waals surface area contributed by atoms with Crippen molar-refractivity contribution in [3.05, 3.63) is 34.9 Å². The number of rotatable bonds is 9. The summed E-state index contributed by atoms with van der Waals surface area (Å²) in [5, 5.41) is 4.38. The monoisotopic (exact) mass is 296 g/mol. The van der Waals surface area contributed by atoms with E-state index in [1.54, 1.807) is 0 Å². The van der Waals surface area contributed by atoms with Gasteiger partial charge in [-0.3, -0.25) is 0 Å². The lowest BCUT2D eigenvalue weighted by atomic mass is 10.0. The molecule has 0 bridgehead atoms. The molecule has 1 N–H and O–H groups in total. The number of hydrogen-bond donors (Lipinski definition) is 1. The summed E-state index contributed by atoms with van der Waals surface area (Å²) >= 11 is 5.97. The van der Waals surface area contributed by atoms with E-state index >= 15 is 0 Å². The molecule has 20 heavy (non-hydrogen) atoms. The predicted molar refractivity (Wildman–Crippen MR) is 89.5 cm³/mol. The van der Waals surface area contributed by atoms with Crippen molar-refractivity contribution in [3.8, 4) is 0 Å². The molecule has 0 radical (unpaired) electrons. The maximum absolute atomic E-state index is 5.97. The average molecular weight is 297 g/mol. The molecule has 1 aromatic rings. The van der Waals surface area contributed by atoms with E-state index in [0.29, 0.717) is 12.1 Å². The van der Waals surface area contributed by atoms with Crippen molar-refractivity contribution >= 4 is 11.6 Å². The van der Waals surface area contributed by atoms with Crippen LogP contribution in [0.4, 0.5) is 0 Å². The highest BCUT2D eigenvalue weighted by molar-refractivity contribution is 6.30. The van der Waals surface area contributed by atoms with Crippen LogP contribution in [0.15, 0.2) is 24.3 Å². The van der Waals surface area contributed by atoms with Crippen LogP contribution in [-0.2, 0) is 0 Å². The highest BCUT2D eigenvalue weighted by Crippen LogP contribution is 2.20. The molecule has 2 unspecified atom stereocenters. The van der Waals surface area contributed by atoms with E-state index < -0.39 is 0 Å². The van der Waals surface area contributed by atoms with Gasteiger partial charge in [-0.05, 0) is 57.6 Å². The quantitative estimate of drug-likeness (QED) is 0.722. The summed E-state index contributed by atoms with van der Waals surface area (Å²) in [5.41, 5.74) is 1.33. The maximum atomic E-state index is 5.97. The predicted octanol–water partition coefficient (Wildman–Crippen LogP) is 4.50. The summed E-state index contributed by atoms with van der Waals surface area (Å²) in [6.45, 7) is 8.82. The summed E-state index contributed by atoms with van der Waals surface area (Å²) in [7, 11) is 2.23. The molecule has 2 nitrogen and oxygen atoms in total. The summed E-state index contributed by atoms with van der Waals surface area (Å²) in [5.74, 6) is 0. The number of halogens is 1. The first-order chi connectivity index (χ1) is 9.58. The Kier molecular flexibility index (Phi) is 8.20. The van der Waals surface area contributed by atoms with E-state index in [4.69, 9.17) is 11.6 Å². The fourth-order valence-corrected chi connectivity index (χ4v) is 2.65. The Morgan fingerprint density at radius 1 is 1.15 bits per heavy atom. The fourth-order valence-electron chi connectivity index (χ4n) is 2.52. The molecular formula is C17H29ClN2. The lowest BCUT2D eigenvalue weighted by Crippen LogP contribution is -2.32. The number of benzene rings is 1. The third kappa shape index (κ3) is 5.82. The highest BCUT2D eigenvalue weighted by Gasteiger charge is 2.13. The Bertz CT molecular complexity index is 364. The third-order valence-corrected chi connectivity index (χ3v) is 4.20. The minimum atomic E-state index is 0.411. The van der Waals surface area contributed by atoms with Gasteiger partial charge < -0.3 is 10.2 Å². The van der Waals surface area contributed by atoms with Crippen LogP contribution < -0.4 is 5.32 Å². The van der Waals surface area contributed by atoms with Crippen molar-refractivity contribution < 1.29 is 0 Å². The smallest absolute Gasteiger partial charge is 0.0406 e. The van der Waals surface area contributed by atoms with Crippen LogP contribution in [0.1, 0.15) is 51.6 Å². The Morgan fingerprint density at radius 3 is 2.35 bits per heavy atom. The van der Waals surface area contributed by atoms with Crippen molar-refractivity contribution in [2.45, 2.75) is 52.1 Å². The molecular weight excluding hydrogens is 268 g/mol. The molecule has 0 aromatic heterocycles. The van der Waals surface area contributed by atoms with Crippen molar-refractivity contribution in [3.63, 3.8) is 0 Å². The molecule has 2 atom stereocenters. The number of nitrogens with zero attached hydrogens (tertiary/aromatic N) is 1. The maximum Gasteiger partial charge on any atom is 0.0406 e. The van der Waals surface area contributed by atoms with E-state index in [9.17, 15) is 0 Å². The van der Waals surface area contributed by atoms with Crippen LogP contribution in [0.2, 0.25) is 5.02 Å². The largest absolute Gasteiger partial charge is 0.310 e. The first-order valence-electron chi connectivity index (χ1n) is 7.77. The van der Waals surface area contributed by atoms with Gasteiger partial charge >= 0.3 is 0 Å². The Hall–Kier alpha value is -0.570. The fraction of sp³-hybridized carbons (Fsp3) is 0.647. The van der Waals surface area contributed by atoms with Crippen LogP contribution in [0.25, 0.3) is 0 Å². The molecule has 1 rings (SSSR count). The zero-order valence-corrected chi connectivity index (χ0v) is 14.1. The van der Waals surface area contributed by atoms with Crippen LogP contribution >= 0.6 is 11.6 Å². The molecule has 0 spiro atoms. The molecule has 0 saturated heterocycles. The Balaban J connectivity index is 2.57. The minimum Gasteiger partial charge on any atom is -0.310 e. The summed E-state index contributed by atoms with van der Waals surface area (Å²) in [6.07, 6.45) is 3.64. The van der Waals surface area contributed by atoms with Crippen molar-refractivity contribution in [1.82, 2.24) is 10.2 Å².